The van der Waals surface area contributed by atoms with Gasteiger partial charge < -0.3 is 10.2 Å². The molecule has 2 amide bonds. The summed E-state index contributed by atoms with van der Waals surface area (Å²) in [4.78, 5) is 40.7. The summed E-state index contributed by atoms with van der Waals surface area (Å²) in [5, 5.41) is 14.5. The van der Waals surface area contributed by atoms with Crippen molar-refractivity contribution in [1.82, 2.24) is 10.2 Å². The van der Waals surface area contributed by atoms with Gasteiger partial charge in [-0.3, -0.25) is 24.0 Å². The zero-order valence-electron chi connectivity index (χ0n) is 25.3. The molecule has 0 bridgehead atoms. The first-order valence-corrected chi connectivity index (χ1v) is 16.7. The van der Waals surface area contributed by atoms with Gasteiger partial charge in [-0.15, -0.1) is 0 Å². The standard InChI is InChI=1S/C35H36N4O6S/c40-34(26-38(30-20-22-31(23-21-30)39(42)43)46(44,45)32-18-8-3-9-19-32)37(25-28-14-6-2-7-15-28)33(24-27-12-4-1-5-13-27)35(41)36-29-16-10-11-17-29/h1-9,12-15,18-23,29,33H,10-11,16-17,24-26H2,(H,36,41)/t33-/m0/s1. The van der Waals surface area contributed by atoms with Crippen LogP contribution < -0.4 is 9.62 Å². The minimum Gasteiger partial charge on any atom is -0.352 e. The summed E-state index contributed by atoms with van der Waals surface area (Å²) in [6, 6.07) is 30.4. The van der Waals surface area contributed by atoms with Crippen LogP contribution in [0.25, 0.3) is 0 Å². The Balaban J connectivity index is 1.55. The molecule has 0 radical (unpaired) electrons. The number of hydrogen-bond donors (Lipinski definition) is 1. The lowest BCUT2D eigenvalue weighted by atomic mass is 10.0. The van der Waals surface area contributed by atoms with E-state index < -0.39 is 33.4 Å². The normalized spacial score (nSPS) is 13.9. The van der Waals surface area contributed by atoms with Gasteiger partial charge in [0.25, 0.3) is 15.7 Å². The van der Waals surface area contributed by atoms with Gasteiger partial charge in [-0.1, -0.05) is 91.7 Å². The first-order chi connectivity index (χ1) is 22.2. The average Bonchev–Trinajstić information content (AvgIpc) is 3.59. The first-order valence-electron chi connectivity index (χ1n) is 15.2. The molecule has 0 spiro atoms. The number of anilines is 1. The Morgan fingerprint density at radius 1 is 0.804 bits per heavy atom. The molecule has 46 heavy (non-hydrogen) atoms. The number of nitrogens with zero attached hydrogens (tertiary/aromatic N) is 3. The third-order valence-corrected chi connectivity index (χ3v) is 9.92. The van der Waals surface area contributed by atoms with Crippen LogP contribution in [-0.4, -0.2) is 48.7 Å². The Morgan fingerprint density at radius 3 is 1.91 bits per heavy atom. The van der Waals surface area contributed by atoms with E-state index >= 15 is 0 Å². The van der Waals surface area contributed by atoms with Gasteiger partial charge in [0.05, 0.1) is 15.5 Å². The number of nitro benzene ring substituents is 1. The summed E-state index contributed by atoms with van der Waals surface area (Å²) in [6.45, 7) is -0.571. The van der Waals surface area contributed by atoms with Gasteiger partial charge in [-0.05, 0) is 48.2 Å². The quantitative estimate of drug-likeness (QED) is 0.152. The van der Waals surface area contributed by atoms with Crippen molar-refractivity contribution in [3.63, 3.8) is 0 Å². The molecule has 4 aromatic carbocycles. The lowest BCUT2D eigenvalue weighted by molar-refractivity contribution is -0.384. The van der Waals surface area contributed by atoms with Crippen molar-refractivity contribution in [2.24, 2.45) is 0 Å². The highest BCUT2D eigenvalue weighted by molar-refractivity contribution is 7.92. The highest BCUT2D eigenvalue weighted by Gasteiger charge is 2.35. The van der Waals surface area contributed by atoms with E-state index in [1.54, 1.807) is 18.2 Å². The van der Waals surface area contributed by atoms with Crippen LogP contribution in [0.4, 0.5) is 11.4 Å². The smallest absolute Gasteiger partial charge is 0.269 e. The fraction of sp³-hybridized carbons (Fsp3) is 0.257. The van der Waals surface area contributed by atoms with E-state index in [-0.39, 0.29) is 41.2 Å². The van der Waals surface area contributed by atoms with E-state index in [9.17, 15) is 28.1 Å². The summed E-state index contributed by atoms with van der Waals surface area (Å²) in [5.41, 5.74) is 1.49. The van der Waals surface area contributed by atoms with Gasteiger partial charge in [-0.25, -0.2) is 8.42 Å². The molecule has 5 rings (SSSR count). The van der Waals surface area contributed by atoms with Crippen LogP contribution in [-0.2, 0) is 32.6 Å². The molecule has 1 aliphatic carbocycles. The van der Waals surface area contributed by atoms with E-state index in [2.05, 4.69) is 5.32 Å². The van der Waals surface area contributed by atoms with Crippen molar-refractivity contribution < 1.29 is 22.9 Å². The van der Waals surface area contributed by atoms with Crippen LogP contribution in [0.2, 0.25) is 0 Å². The molecule has 4 aromatic rings. The molecule has 0 aromatic heterocycles. The number of nitro groups is 1. The monoisotopic (exact) mass is 640 g/mol. The second-order valence-corrected chi connectivity index (χ2v) is 13.2. The predicted octanol–water partition coefficient (Wildman–Crippen LogP) is 5.49. The largest absolute Gasteiger partial charge is 0.352 e. The van der Waals surface area contributed by atoms with Gasteiger partial charge in [0.15, 0.2) is 0 Å². The third-order valence-electron chi connectivity index (χ3n) is 8.13. The SMILES string of the molecule is O=C(NC1CCCC1)[C@H](Cc1ccccc1)N(Cc1ccccc1)C(=O)CN(c1ccc([N+](=O)[O-])cc1)S(=O)(=O)c1ccccc1. The van der Waals surface area contributed by atoms with Crippen molar-refractivity contribution in [2.45, 2.75) is 55.6 Å². The maximum atomic E-state index is 14.5. The minimum atomic E-state index is -4.30. The molecule has 0 aliphatic heterocycles. The van der Waals surface area contributed by atoms with Gasteiger partial charge in [-0.2, -0.15) is 0 Å². The number of non-ortho nitro benzene ring substituents is 1. The number of benzene rings is 4. The lowest BCUT2D eigenvalue weighted by Crippen LogP contribution is -2.54. The number of carbonyl (C=O) groups excluding carboxylic acids is 2. The second kappa shape index (κ2) is 14.8. The second-order valence-electron chi connectivity index (χ2n) is 11.3. The minimum absolute atomic E-state index is 0.00881. The third kappa shape index (κ3) is 7.97. The van der Waals surface area contributed by atoms with Gasteiger partial charge in [0.1, 0.15) is 12.6 Å². The lowest BCUT2D eigenvalue weighted by Gasteiger charge is -2.34. The van der Waals surface area contributed by atoms with E-state index in [1.807, 2.05) is 60.7 Å². The van der Waals surface area contributed by atoms with E-state index in [0.29, 0.717) is 0 Å². The van der Waals surface area contributed by atoms with Crippen LogP contribution in [0.1, 0.15) is 36.8 Å². The molecular weight excluding hydrogens is 604 g/mol. The van der Waals surface area contributed by atoms with E-state index in [4.69, 9.17) is 0 Å². The predicted molar refractivity (Wildman–Crippen MR) is 175 cm³/mol. The molecular formula is C35H36N4O6S. The van der Waals surface area contributed by atoms with E-state index in [1.165, 1.54) is 41.3 Å². The number of nitrogens with one attached hydrogen (secondary N) is 1. The molecule has 1 saturated carbocycles. The molecule has 1 aliphatic rings. The fourth-order valence-corrected chi connectivity index (χ4v) is 7.13. The Morgan fingerprint density at radius 2 is 1.35 bits per heavy atom. The van der Waals surface area contributed by atoms with Gasteiger partial charge >= 0.3 is 0 Å². The summed E-state index contributed by atoms with van der Waals surface area (Å²) >= 11 is 0. The molecule has 0 unspecified atom stereocenters. The summed E-state index contributed by atoms with van der Waals surface area (Å²) < 4.78 is 29.0. The Bertz CT molecular complexity index is 1730. The zero-order chi connectivity index (χ0) is 32.5. The number of sulfonamides is 1. The summed E-state index contributed by atoms with van der Waals surface area (Å²) in [7, 11) is -4.30. The summed E-state index contributed by atoms with van der Waals surface area (Å²) in [6.07, 6.45) is 3.98. The maximum absolute atomic E-state index is 14.5. The van der Waals surface area contributed by atoms with Crippen molar-refractivity contribution in [1.29, 1.82) is 0 Å². The Kier molecular flexibility index (Phi) is 10.4. The molecule has 0 heterocycles. The highest BCUT2D eigenvalue weighted by Crippen LogP contribution is 2.27. The first kappa shape index (κ1) is 32.4. The van der Waals surface area contributed by atoms with Crippen LogP contribution in [0.3, 0.4) is 0 Å². The Labute approximate surface area is 268 Å². The summed E-state index contributed by atoms with van der Waals surface area (Å²) in [5.74, 6) is -0.892. The average molecular weight is 641 g/mol. The zero-order valence-corrected chi connectivity index (χ0v) is 26.1. The number of carbonyl (C=O) groups is 2. The number of amides is 2. The van der Waals surface area contributed by atoms with Crippen molar-refractivity contribution in [2.75, 3.05) is 10.8 Å². The Hall–Kier alpha value is -5.03. The molecule has 1 fully saturated rings. The molecule has 11 heteroatoms. The van der Waals surface area contributed by atoms with Crippen LogP contribution in [0.5, 0.6) is 0 Å². The van der Waals surface area contributed by atoms with E-state index in [0.717, 1.165) is 41.1 Å². The molecule has 238 valence electrons. The number of hydrogen-bond acceptors (Lipinski definition) is 6. The molecule has 0 saturated heterocycles. The molecule has 1 atom stereocenters. The molecule has 10 nitrogen and oxygen atoms in total. The molecule has 1 N–H and O–H groups in total. The highest BCUT2D eigenvalue weighted by atomic mass is 32.2. The topological polar surface area (TPSA) is 130 Å². The van der Waals surface area contributed by atoms with Gasteiger partial charge in [0, 0.05) is 31.1 Å². The maximum Gasteiger partial charge on any atom is 0.269 e. The van der Waals surface area contributed by atoms with Gasteiger partial charge in [0.2, 0.25) is 11.8 Å². The van der Waals surface area contributed by atoms with Crippen molar-refractivity contribution in [3.05, 3.63) is 137 Å². The van der Waals surface area contributed by atoms with Crippen molar-refractivity contribution >= 4 is 33.2 Å². The van der Waals surface area contributed by atoms with Crippen LogP contribution in [0.15, 0.2) is 120 Å². The number of rotatable bonds is 13. The fourth-order valence-electron chi connectivity index (χ4n) is 5.69. The van der Waals surface area contributed by atoms with Crippen LogP contribution in [0, 0.1) is 10.1 Å². The van der Waals surface area contributed by atoms with Crippen LogP contribution >= 0.6 is 0 Å². The van der Waals surface area contributed by atoms with Crippen molar-refractivity contribution in [3.8, 4) is 0 Å².